The van der Waals surface area contributed by atoms with Gasteiger partial charge in [0, 0.05) is 17.8 Å². The first-order chi connectivity index (χ1) is 10.0. The minimum atomic E-state index is -0.505. The van der Waals surface area contributed by atoms with Crippen LogP contribution in [0, 0.1) is 0 Å². The summed E-state index contributed by atoms with van der Waals surface area (Å²) in [6.45, 7) is 0.313. The van der Waals surface area contributed by atoms with Crippen LogP contribution in [0.5, 0.6) is 0 Å². The van der Waals surface area contributed by atoms with E-state index in [1.165, 1.54) is 17.1 Å². The standard InChI is InChI=1S/C13H14ClN5O2/c14-10-3-1-2-9(4-10)5-16-13(21)18-11-6-17-19(7-11)8-12(15)20/h1-4,6-7H,5,8H2,(H2,15,20)(H2,16,18,21). The summed E-state index contributed by atoms with van der Waals surface area (Å²) in [6, 6.07) is 6.82. The fourth-order valence-corrected chi connectivity index (χ4v) is 1.89. The number of nitrogens with one attached hydrogen (secondary N) is 2. The molecule has 0 aliphatic heterocycles. The Hall–Kier alpha value is -2.54. The van der Waals surface area contributed by atoms with E-state index in [2.05, 4.69) is 15.7 Å². The zero-order chi connectivity index (χ0) is 15.2. The first kappa shape index (κ1) is 14.9. The van der Waals surface area contributed by atoms with E-state index in [4.69, 9.17) is 17.3 Å². The van der Waals surface area contributed by atoms with Crippen LogP contribution in [-0.4, -0.2) is 21.7 Å². The largest absolute Gasteiger partial charge is 0.368 e. The third-order valence-electron chi connectivity index (χ3n) is 2.55. The van der Waals surface area contributed by atoms with Gasteiger partial charge in [0.15, 0.2) is 0 Å². The van der Waals surface area contributed by atoms with E-state index in [-0.39, 0.29) is 12.6 Å². The molecule has 0 unspecified atom stereocenters. The van der Waals surface area contributed by atoms with E-state index in [1.54, 1.807) is 12.1 Å². The van der Waals surface area contributed by atoms with E-state index in [9.17, 15) is 9.59 Å². The highest BCUT2D eigenvalue weighted by Gasteiger charge is 2.05. The number of hydrogen-bond acceptors (Lipinski definition) is 3. The second-order valence-corrected chi connectivity index (χ2v) is 4.77. The number of hydrogen-bond donors (Lipinski definition) is 3. The number of carbonyl (C=O) groups excluding carboxylic acids is 2. The molecule has 21 heavy (non-hydrogen) atoms. The van der Waals surface area contributed by atoms with Gasteiger partial charge in [-0.05, 0) is 17.7 Å². The molecular formula is C13H14ClN5O2. The lowest BCUT2D eigenvalue weighted by molar-refractivity contribution is -0.118. The van der Waals surface area contributed by atoms with Gasteiger partial charge in [-0.3, -0.25) is 9.48 Å². The first-order valence-corrected chi connectivity index (χ1v) is 6.51. The fourth-order valence-electron chi connectivity index (χ4n) is 1.68. The number of carbonyl (C=O) groups is 2. The maximum Gasteiger partial charge on any atom is 0.319 e. The van der Waals surface area contributed by atoms with Crippen molar-refractivity contribution < 1.29 is 9.59 Å². The molecule has 0 bridgehead atoms. The number of nitrogens with two attached hydrogens (primary N) is 1. The van der Waals surface area contributed by atoms with Crippen molar-refractivity contribution in [1.82, 2.24) is 15.1 Å². The summed E-state index contributed by atoms with van der Waals surface area (Å²) >= 11 is 5.86. The van der Waals surface area contributed by atoms with E-state index in [1.807, 2.05) is 12.1 Å². The monoisotopic (exact) mass is 307 g/mol. The molecule has 4 N–H and O–H groups in total. The van der Waals surface area contributed by atoms with E-state index in [0.29, 0.717) is 17.3 Å². The predicted molar refractivity (Wildman–Crippen MR) is 78.7 cm³/mol. The number of rotatable bonds is 5. The Morgan fingerprint density at radius 3 is 2.90 bits per heavy atom. The van der Waals surface area contributed by atoms with Gasteiger partial charge < -0.3 is 16.4 Å². The summed E-state index contributed by atoms with van der Waals surface area (Å²) in [5.41, 5.74) is 6.41. The average molecular weight is 308 g/mol. The zero-order valence-electron chi connectivity index (χ0n) is 11.0. The van der Waals surface area contributed by atoms with Gasteiger partial charge in [-0.25, -0.2) is 4.79 Å². The van der Waals surface area contributed by atoms with Crippen molar-refractivity contribution in [2.45, 2.75) is 13.1 Å². The Balaban J connectivity index is 1.84. The second kappa shape index (κ2) is 6.76. The third kappa shape index (κ3) is 4.81. The maximum absolute atomic E-state index is 11.7. The lowest BCUT2D eigenvalue weighted by Crippen LogP contribution is -2.28. The predicted octanol–water partition coefficient (Wildman–Crippen LogP) is 1.34. The van der Waals surface area contributed by atoms with Gasteiger partial charge in [0.1, 0.15) is 6.54 Å². The number of benzene rings is 1. The van der Waals surface area contributed by atoms with Gasteiger partial charge in [0.05, 0.1) is 11.9 Å². The molecule has 0 radical (unpaired) electrons. The van der Waals surface area contributed by atoms with Crippen molar-refractivity contribution in [3.05, 3.63) is 47.2 Å². The van der Waals surface area contributed by atoms with Crippen molar-refractivity contribution in [3.63, 3.8) is 0 Å². The Morgan fingerprint density at radius 1 is 1.38 bits per heavy atom. The normalized spacial score (nSPS) is 10.1. The van der Waals surface area contributed by atoms with Crippen LogP contribution in [0.25, 0.3) is 0 Å². The van der Waals surface area contributed by atoms with Crippen LogP contribution < -0.4 is 16.4 Å². The highest BCUT2D eigenvalue weighted by molar-refractivity contribution is 6.30. The molecule has 1 aromatic heterocycles. The molecule has 0 fully saturated rings. The molecule has 0 saturated heterocycles. The lowest BCUT2D eigenvalue weighted by Gasteiger charge is -2.06. The summed E-state index contributed by atoms with van der Waals surface area (Å²) in [5.74, 6) is -0.505. The molecule has 0 saturated carbocycles. The molecule has 7 nitrogen and oxygen atoms in total. The molecule has 8 heteroatoms. The highest BCUT2D eigenvalue weighted by Crippen LogP contribution is 2.10. The van der Waals surface area contributed by atoms with Crippen molar-refractivity contribution in [2.75, 3.05) is 5.32 Å². The SMILES string of the molecule is NC(=O)Cn1cc(NC(=O)NCc2cccc(Cl)c2)cn1. The van der Waals surface area contributed by atoms with Crippen molar-refractivity contribution in [1.29, 1.82) is 0 Å². The summed E-state index contributed by atoms with van der Waals surface area (Å²) in [4.78, 5) is 22.5. The third-order valence-corrected chi connectivity index (χ3v) is 2.79. The molecule has 3 amide bonds. The summed E-state index contributed by atoms with van der Waals surface area (Å²) in [6.07, 6.45) is 2.95. The first-order valence-electron chi connectivity index (χ1n) is 6.13. The molecule has 2 aromatic rings. The quantitative estimate of drug-likeness (QED) is 0.776. The molecule has 0 aliphatic rings. The molecule has 1 aromatic carbocycles. The van der Waals surface area contributed by atoms with E-state index in [0.717, 1.165) is 5.56 Å². The highest BCUT2D eigenvalue weighted by atomic mass is 35.5. The van der Waals surface area contributed by atoms with E-state index >= 15 is 0 Å². The van der Waals surface area contributed by atoms with Crippen molar-refractivity contribution in [3.8, 4) is 0 Å². The van der Waals surface area contributed by atoms with Crippen LogP contribution in [0.4, 0.5) is 10.5 Å². The Bertz CT molecular complexity index is 656. The van der Waals surface area contributed by atoms with Gasteiger partial charge in [-0.1, -0.05) is 23.7 Å². The average Bonchev–Trinajstić information content (AvgIpc) is 2.83. The second-order valence-electron chi connectivity index (χ2n) is 4.33. The van der Waals surface area contributed by atoms with Gasteiger partial charge in [0.2, 0.25) is 5.91 Å². The number of aromatic nitrogens is 2. The summed E-state index contributed by atoms with van der Waals surface area (Å²) < 4.78 is 1.34. The van der Waals surface area contributed by atoms with E-state index < -0.39 is 5.91 Å². The lowest BCUT2D eigenvalue weighted by atomic mass is 10.2. The number of anilines is 1. The molecule has 1 heterocycles. The Labute approximate surface area is 126 Å². The van der Waals surface area contributed by atoms with Crippen LogP contribution in [0.3, 0.4) is 0 Å². The molecule has 2 rings (SSSR count). The topological polar surface area (TPSA) is 102 Å². The van der Waals surface area contributed by atoms with Crippen molar-refractivity contribution in [2.24, 2.45) is 5.73 Å². The Morgan fingerprint density at radius 2 is 2.19 bits per heavy atom. The fraction of sp³-hybridized carbons (Fsp3) is 0.154. The van der Waals surface area contributed by atoms with Crippen LogP contribution in [0.15, 0.2) is 36.7 Å². The van der Waals surface area contributed by atoms with Crippen molar-refractivity contribution >= 4 is 29.2 Å². The summed E-state index contributed by atoms with van der Waals surface area (Å²) in [5, 5.41) is 9.80. The molecular weight excluding hydrogens is 294 g/mol. The van der Waals surface area contributed by atoms with Gasteiger partial charge in [0.25, 0.3) is 0 Å². The number of nitrogens with zero attached hydrogens (tertiary/aromatic N) is 2. The van der Waals surface area contributed by atoms with Crippen LogP contribution in [0.2, 0.25) is 5.02 Å². The maximum atomic E-state index is 11.7. The smallest absolute Gasteiger partial charge is 0.319 e. The molecule has 110 valence electrons. The Kier molecular flexibility index (Phi) is 4.78. The van der Waals surface area contributed by atoms with Gasteiger partial charge in [-0.15, -0.1) is 0 Å². The number of amides is 3. The molecule has 0 atom stereocenters. The number of urea groups is 1. The minimum Gasteiger partial charge on any atom is -0.368 e. The van der Waals surface area contributed by atoms with Gasteiger partial charge in [-0.2, -0.15) is 5.10 Å². The zero-order valence-corrected chi connectivity index (χ0v) is 11.8. The minimum absolute atomic E-state index is 0.0359. The molecule has 0 spiro atoms. The van der Waals surface area contributed by atoms with Crippen LogP contribution in [0.1, 0.15) is 5.56 Å². The number of halogens is 1. The molecule has 0 aliphatic carbocycles. The van der Waals surface area contributed by atoms with Crippen LogP contribution >= 0.6 is 11.6 Å². The van der Waals surface area contributed by atoms with Gasteiger partial charge >= 0.3 is 6.03 Å². The number of primary amides is 1. The van der Waals surface area contributed by atoms with Crippen LogP contribution in [-0.2, 0) is 17.9 Å². The summed E-state index contributed by atoms with van der Waals surface area (Å²) in [7, 11) is 0.